The summed E-state index contributed by atoms with van der Waals surface area (Å²) in [7, 11) is 0. The smallest absolute Gasteiger partial charge is 0.220 e. The van der Waals surface area contributed by atoms with Crippen LogP contribution in [0.2, 0.25) is 0 Å². The van der Waals surface area contributed by atoms with Gasteiger partial charge in [-0.3, -0.25) is 4.79 Å². The van der Waals surface area contributed by atoms with Crippen LogP contribution >= 0.6 is 0 Å². The lowest BCUT2D eigenvalue weighted by atomic mass is 9.97. The third-order valence-electron chi connectivity index (χ3n) is 14.0. The maximum absolute atomic E-state index is 13.2. The summed E-state index contributed by atoms with van der Waals surface area (Å²) in [6, 6.07) is -0.929. The van der Waals surface area contributed by atoms with E-state index < -0.39 is 86.8 Å². The van der Waals surface area contributed by atoms with Crippen LogP contribution in [-0.4, -0.2) is 140 Å². The summed E-state index contributed by atoms with van der Waals surface area (Å²) in [6.07, 6.45) is 34.8. The van der Waals surface area contributed by atoms with E-state index in [4.69, 9.17) is 18.9 Å². The van der Waals surface area contributed by atoms with E-state index in [9.17, 15) is 45.6 Å². The molecule has 2 aliphatic rings. The highest BCUT2D eigenvalue weighted by Gasteiger charge is 2.51. The fourth-order valence-electron chi connectivity index (χ4n) is 9.36. The third kappa shape index (κ3) is 29.8. The molecule has 2 rings (SSSR count). The SMILES string of the molecule is CCCCCCCC/C=C/CC/C=C/C(O)C(COC1OC(CO)C(OC2OC(CO)C(O)C(O)C2O)C(O)C1O)NC(=O)CCCCCCCCCCCCCCC/C=C\CCCCCCCCCC. The number of amides is 1. The normalized spacial score (nSPS) is 26.0. The summed E-state index contributed by atoms with van der Waals surface area (Å²) in [5, 5.41) is 86.8. The Balaban J connectivity index is 1.73. The molecule has 1 amide bonds. The van der Waals surface area contributed by atoms with E-state index in [2.05, 4.69) is 43.5 Å². The van der Waals surface area contributed by atoms with Gasteiger partial charge in [0, 0.05) is 6.42 Å². The Labute approximate surface area is 430 Å². The predicted molar refractivity (Wildman–Crippen MR) is 281 cm³/mol. The van der Waals surface area contributed by atoms with Gasteiger partial charge < -0.3 is 65.1 Å². The van der Waals surface area contributed by atoms with E-state index in [0.717, 1.165) is 32.1 Å². The van der Waals surface area contributed by atoms with Crippen molar-refractivity contribution in [1.82, 2.24) is 5.32 Å². The first-order valence-electron chi connectivity index (χ1n) is 28.7. The highest BCUT2D eigenvalue weighted by Crippen LogP contribution is 2.30. The van der Waals surface area contributed by atoms with Crippen molar-refractivity contribution in [3.05, 3.63) is 36.5 Å². The minimum absolute atomic E-state index is 0.249. The number of carbonyl (C=O) groups excluding carboxylic acids is 1. The highest BCUT2D eigenvalue weighted by atomic mass is 16.7. The van der Waals surface area contributed by atoms with Crippen molar-refractivity contribution < 1.29 is 64.6 Å². The lowest BCUT2D eigenvalue weighted by Crippen LogP contribution is -2.65. The number of hydrogen-bond donors (Lipinski definition) is 9. The van der Waals surface area contributed by atoms with Gasteiger partial charge >= 0.3 is 0 Å². The molecule has 0 aromatic heterocycles. The fraction of sp³-hybridized carbons (Fsp3) is 0.877. The Hall–Kier alpha value is -1.79. The number of rotatable bonds is 45. The highest BCUT2D eigenvalue weighted by molar-refractivity contribution is 5.76. The van der Waals surface area contributed by atoms with Gasteiger partial charge in [0.25, 0.3) is 0 Å². The first-order valence-corrected chi connectivity index (χ1v) is 28.7. The number of aliphatic hydroxyl groups is 8. The van der Waals surface area contributed by atoms with E-state index in [0.29, 0.717) is 12.8 Å². The largest absolute Gasteiger partial charge is 0.394 e. The quantitative estimate of drug-likeness (QED) is 0.0205. The van der Waals surface area contributed by atoms with Crippen molar-refractivity contribution in [3.63, 3.8) is 0 Å². The van der Waals surface area contributed by atoms with Crippen LogP contribution < -0.4 is 5.32 Å². The van der Waals surface area contributed by atoms with Gasteiger partial charge in [0.15, 0.2) is 12.6 Å². The maximum atomic E-state index is 13.2. The standard InChI is InChI=1S/C57H105NO13/c1-3-5-7-9-11-13-15-17-18-19-20-21-22-23-24-25-26-27-28-29-31-33-35-37-39-41-49(62)58-45(46(61)40-38-36-34-32-30-16-14-12-10-8-6-4-2)44-68-56-54(67)52(65)55(48(43-60)70-56)71-57-53(66)51(64)50(63)47(42-59)69-57/h19-20,30,32,38,40,45-48,50-57,59-61,63-67H,3-18,21-29,31,33-37,39,41-44H2,1-2H3,(H,58,62)/b20-19-,32-30+,40-38+. The number of ether oxygens (including phenoxy) is 4. The molecule has 2 fully saturated rings. The number of carbonyl (C=O) groups is 1. The zero-order chi connectivity index (χ0) is 51.7. The monoisotopic (exact) mass is 1010 g/mol. The van der Waals surface area contributed by atoms with Crippen molar-refractivity contribution >= 4 is 5.91 Å². The molecule has 0 radical (unpaired) electrons. The molecule has 12 unspecified atom stereocenters. The van der Waals surface area contributed by atoms with Crippen LogP contribution in [0.5, 0.6) is 0 Å². The summed E-state index contributed by atoms with van der Waals surface area (Å²) in [5.41, 5.74) is 0. The molecular formula is C57H105NO13. The lowest BCUT2D eigenvalue weighted by molar-refractivity contribution is -0.359. The van der Waals surface area contributed by atoms with E-state index in [1.807, 2.05) is 6.08 Å². The molecule has 0 bridgehead atoms. The molecule has 0 aliphatic carbocycles. The molecule has 12 atom stereocenters. The second kappa shape index (κ2) is 43.4. The Bertz CT molecular complexity index is 1330. The van der Waals surface area contributed by atoms with Crippen LogP contribution in [0, 0.1) is 0 Å². The number of aliphatic hydroxyl groups excluding tert-OH is 8. The van der Waals surface area contributed by atoms with Crippen LogP contribution in [0.15, 0.2) is 36.5 Å². The summed E-state index contributed by atoms with van der Waals surface area (Å²) >= 11 is 0. The fourth-order valence-corrected chi connectivity index (χ4v) is 9.36. The molecule has 14 nitrogen and oxygen atoms in total. The van der Waals surface area contributed by atoms with Gasteiger partial charge in [0.05, 0.1) is 32.0 Å². The van der Waals surface area contributed by atoms with Crippen molar-refractivity contribution in [3.8, 4) is 0 Å². The molecule has 2 saturated heterocycles. The molecule has 416 valence electrons. The van der Waals surface area contributed by atoms with Gasteiger partial charge in [-0.1, -0.05) is 198 Å². The minimum Gasteiger partial charge on any atom is -0.394 e. The van der Waals surface area contributed by atoms with Gasteiger partial charge in [-0.25, -0.2) is 0 Å². The van der Waals surface area contributed by atoms with Crippen LogP contribution in [0.4, 0.5) is 0 Å². The summed E-state index contributed by atoms with van der Waals surface area (Å²) in [4.78, 5) is 13.2. The first kappa shape index (κ1) is 65.3. The Morgan fingerprint density at radius 1 is 0.493 bits per heavy atom. The molecule has 9 N–H and O–H groups in total. The molecule has 2 heterocycles. The van der Waals surface area contributed by atoms with E-state index in [1.165, 1.54) is 161 Å². The van der Waals surface area contributed by atoms with Crippen molar-refractivity contribution in [1.29, 1.82) is 0 Å². The predicted octanol–water partition coefficient (Wildman–Crippen LogP) is 9.05. The molecule has 0 aromatic rings. The van der Waals surface area contributed by atoms with Crippen LogP contribution in [0.1, 0.15) is 226 Å². The average Bonchev–Trinajstić information content (AvgIpc) is 3.37. The number of allylic oxidation sites excluding steroid dienone is 5. The molecular weight excluding hydrogens is 907 g/mol. The molecule has 0 spiro atoms. The van der Waals surface area contributed by atoms with Gasteiger partial charge in [0.1, 0.15) is 48.8 Å². The third-order valence-corrected chi connectivity index (χ3v) is 14.0. The second-order valence-electron chi connectivity index (χ2n) is 20.4. The zero-order valence-electron chi connectivity index (χ0n) is 44.5. The van der Waals surface area contributed by atoms with Crippen LogP contribution in [-0.2, 0) is 23.7 Å². The molecule has 14 heteroatoms. The van der Waals surface area contributed by atoms with Gasteiger partial charge in [-0.15, -0.1) is 0 Å². The van der Waals surface area contributed by atoms with Crippen LogP contribution in [0.25, 0.3) is 0 Å². The van der Waals surface area contributed by atoms with Crippen LogP contribution in [0.3, 0.4) is 0 Å². The van der Waals surface area contributed by atoms with E-state index in [1.54, 1.807) is 6.08 Å². The molecule has 2 aliphatic heterocycles. The molecule has 71 heavy (non-hydrogen) atoms. The number of unbranched alkanes of at least 4 members (excludes halogenated alkanes) is 28. The topological polar surface area (TPSA) is 228 Å². The average molecular weight is 1010 g/mol. The second-order valence-corrected chi connectivity index (χ2v) is 20.4. The van der Waals surface area contributed by atoms with E-state index in [-0.39, 0.29) is 18.9 Å². The minimum atomic E-state index is -1.79. The summed E-state index contributed by atoms with van der Waals surface area (Å²) in [5.74, 6) is -0.249. The molecule has 0 aromatic carbocycles. The van der Waals surface area contributed by atoms with Gasteiger partial charge in [0.2, 0.25) is 5.91 Å². The van der Waals surface area contributed by atoms with Gasteiger partial charge in [-0.05, 0) is 57.8 Å². The lowest BCUT2D eigenvalue weighted by Gasteiger charge is -2.46. The Morgan fingerprint density at radius 3 is 1.38 bits per heavy atom. The maximum Gasteiger partial charge on any atom is 0.220 e. The van der Waals surface area contributed by atoms with Gasteiger partial charge in [-0.2, -0.15) is 0 Å². The number of nitrogens with one attached hydrogen (secondary N) is 1. The Kier molecular flexibility index (Phi) is 40.0. The molecule has 0 saturated carbocycles. The zero-order valence-corrected chi connectivity index (χ0v) is 44.5. The van der Waals surface area contributed by atoms with Crippen molar-refractivity contribution in [2.75, 3.05) is 19.8 Å². The Morgan fingerprint density at radius 2 is 0.901 bits per heavy atom. The van der Waals surface area contributed by atoms with E-state index >= 15 is 0 Å². The van der Waals surface area contributed by atoms with Crippen molar-refractivity contribution in [2.24, 2.45) is 0 Å². The first-order chi connectivity index (χ1) is 34.6. The summed E-state index contributed by atoms with van der Waals surface area (Å²) < 4.78 is 22.7. The summed E-state index contributed by atoms with van der Waals surface area (Å²) in [6.45, 7) is 2.76. The number of hydrogen-bond acceptors (Lipinski definition) is 13. The van der Waals surface area contributed by atoms with Crippen molar-refractivity contribution in [2.45, 2.75) is 299 Å².